The zero-order valence-electron chi connectivity index (χ0n) is 12.8. The van der Waals surface area contributed by atoms with Crippen LogP contribution in [0, 0.1) is 0 Å². The minimum atomic E-state index is 0.169. The smallest absolute Gasteiger partial charge is 0.0584 e. The number of likely N-dealkylation sites (N-methyl/N-ethyl adjacent to an activating group) is 1. The van der Waals surface area contributed by atoms with Crippen LogP contribution < -0.4 is 5.73 Å². The SMILES string of the molecule is CC(CO)N(C)Cc1ccc(-c2ccccc2CN)cc1. The van der Waals surface area contributed by atoms with Gasteiger partial charge < -0.3 is 10.8 Å². The summed E-state index contributed by atoms with van der Waals surface area (Å²) in [4.78, 5) is 2.14. The van der Waals surface area contributed by atoms with Gasteiger partial charge in [-0.25, -0.2) is 0 Å². The predicted octanol–water partition coefficient (Wildman–Crippen LogP) is 2.62. The van der Waals surface area contributed by atoms with Crippen LogP contribution in [0.15, 0.2) is 48.5 Å². The minimum Gasteiger partial charge on any atom is -0.395 e. The molecule has 3 nitrogen and oxygen atoms in total. The van der Waals surface area contributed by atoms with Gasteiger partial charge in [0, 0.05) is 19.1 Å². The Morgan fingerprint density at radius 3 is 2.38 bits per heavy atom. The van der Waals surface area contributed by atoms with Gasteiger partial charge in [-0.2, -0.15) is 0 Å². The molecule has 0 saturated carbocycles. The summed E-state index contributed by atoms with van der Waals surface area (Å²) < 4.78 is 0. The molecule has 0 amide bonds. The fourth-order valence-electron chi connectivity index (χ4n) is 2.35. The van der Waals surface area contributed by atoms with E-state index in [1.54, 1.807) is 0 Å². The number of hydrogen-bond donors (Lipinski definition) is 2. The molecule has 2 aromatic carbocycles. The molecule has 0 spiro atoms. The van der Waals surface area contributed by atoms with E-state index in [4.69, 9.17) is 5.73 Å². The summed E-state index contributed by atoms with van der Waals surface area (Å²) in [7, 11) is 2.03. The summed E-state index contributed by atoms with van der Waals surface area (Å²) in [5, 5.41) is 9.18. The van der Waals surface area contributed by atoms with Gasteiger partial charge >= 0.3 is 0 Å². The molecular formula is C18H24N2O. The van der Waals surface area contributed by atoms with Gasteiger partial charge in [0.15, 0.2) is 0 Å². The van der Waals surface area contributed by atoms with Crippen LogP contribution in [0.3, 0.4) is 0 Å². The molecule has 0 aromatic heterocycles. The molecule has 1 atom stereocenters. The first-order valence-electron chi connectivity index (χ1n) is 7.34. The van der Waals surface area contributed by atoms with Gasteiger partial charge in [-0.15, -0.1) is 0 Å². The standard InChI is InChI=1S/C18H24N2O/c1-14(13-21)20(2)12-15-7-9-16(10-8-15)18-6-4-3-5-17(18)11-19/h3-10,14,21H,11-13,19H2,1-2H3. The molecule has 2 rings (SSSR count). The maximum atomic E-state index is 9.18. The van der Waals surface area contributed by atoms with E-state index in [1.165, 1.54) is 16.7 Å². The lowest BCUT2D eigenvalue weighted by Crippen LogP contribution is -2.31. The van der Waals surface area contributed by atoms with E-state index in [0.717, 1.165) is 12.1 Å². The third kappa shape index (κ3) is 3.91. The predicted molar refractivity (Wildman–Crippen MR) is 87.8 cm³/mol. The van der Waals surface area contributed by atoms with Crippen LogP contribution in [0.1, 0.15) is 18.1 Å². The Morgan fingerprint density at radius 1 is 1.10 bits per heavy atom. The highest BCUT2D eigenvalue weighted by molar-refractivity contribution is 5.67. The number of hydrogen-bond acceptors (Lipinski definition) is 3. The fourth-order valence-corrected chi connectivity index (χ4v) is 2.35. The van der Waals surface area contributed by atoms with E-state index in [2.05, 4.69) is 41.3 Å². The van der Waals surface area contributed by atoms with Crippen molar-refractivity contribution >= 4 is 0 Å². The normalized spacial score (nSPS) is 12.6. The molecule has 1 unspecified atom stereocenters. The zero-order chi connectivity index (χ0) is 15.2. The second kappa shape index (κ2) is 7.36. The van der Waals surface area contributed by atoms with Crippen molar-refractivity contribution in [2.24, 2.45) is 5.73 Å². The van der Waals surface area contributed by atoms with Gasteiger partial charge in [0.25, 0.3) is 0 Å². The highest BCUT2D eigenvalue weighted by atomic mass is 16.3. The van der Waals surface area contributed by atoms with Gasteiger partial charge in [0.2, 0.25) is 0 Å². The van der Waals surface area contributed by atoms with Crippen LogP contribution in [0.5, 0.6) is 0 Å². The number of nitrogens with zero attached hydrogens (tertiary/aromatic N) is 1. The second-order valence-electron chi connectivity index (χ2n) is 5.50. The van der Waals surface area contributed by atoms with Gasteiger partial charge in [-0.3, -0.25) is 4.90 Å². The van der Waals surface area contributed by atoms with Crippen molar-refractivity contribution in [3.63, 3.8) is 0 Å². The van der Waals surface area contributed by atoms with Crippen molar-refractivity contribution in [2.45, 2.75) is 26.1 Å². The summed E-state index contributed by atoms with van der Waals surface area (Å²) >= 11 is 0. The number of aliphatic hydroxyl groups excluding tert-OH is 1. The lowest BCUT2D eigenvalue weighted by atomic mass is 9.98. The zero-order valence-corrected chi connectivity index (χ0v) is 12.8. The summed E-state index contributed by atoms with van der Waals surface area (Å²) in [6.07, 6.45) is 0. The second-order valence-corrected chi connectivity index (χ2v) is 5.50. The first kappa shape index (κ1) is 15.7. The maximum Gasteiger partial charge on any atom is 0.0584 e. The Hall–Kier alpha value is -1.68. The van der Waals surface area contributed by atoms with Crippen LogP contribution >= 0.6 is 0 Å². The molecule has 2 aromatic rings. The monoisotopic (exact) mass is 284 g/mol. The van der Waals surface area contributed by atoms with Gasteiger partial charge in [0.1, 0.15) is 0 Å². The quantitative estimate of drug-likeness (QED) is 0.857. The minimum absolute atomic E-state index is 0.169. The van der Waals surface area contributed by atoms with E-state index in [1.807, 2.05) is 26.1 Å². The molecule has 0 radical (unpaired) electrons. The fraction of sp³-hybridized carbons (Fsp3) is 0.333. The maximum absolute atomic E-state index is 9.18. The molecule has 3 N–H and O–H groups in total. The third-order valence-electron chi connectivity index (χ3n) is 3.95. The van der Waals surface area contributed by atoms with Gasteiger partial charge in [-0.05, 0) is 36.2 Å². The molecule has 0 saturated heterocycles. The van der Waals surface area contributed by atoms with Crippen molar-refractivity contribution in [1.29, 1.82) is 0 Å². The average molecular weight is 284 g/mol. The van der Waals surface area contributed by atoms with E-state index in [0.29, 0.717) is 6.54 Å². The molecule has 0 heterocycles. The molecule has 112 valence electrons. The molecule has 0 fully saturated rings. The van der Waals surface area contributed by atoms with Gasteiger partial charge in [0.05, 0.1) is 6.61 Å². The van der Waals surface area contributed by atoms with Crippen LogP contribution in [0.2, 0.25) is 0 Å². The first-order chi connectivity index (χ1) is 10.2. The van der Waals surface area contributed by atoms with Crippen molar-refractivity contribution in [2.75, 3.05) is 13.7 Å². The Morgan fingerprint density at radius 2 is 1.76 bits per heavy atom. The van der Waals surface area contributed by atoms with Crippen LogP contribution in [-0.4, -0.2) is 29.7 Å². The third-order valence-corrected chi connectivity index (χ3v) is 3.95. The Bertz CT molecular complexity index is 566. The Balaban J connectivity index is 2.15. The molecule has 0 aliphatic heterocycles. The number of aliphatic hydroxyl groups is 1. The van der Waals surface area contributed by atoms with E-state index >= 15 is 0 Å². The van der Waals surface area contributed by atoms with Crippen LogP contribution in [0.4, 0.5) is 0 Å². The van der Waals surface area contributed by atoms with Crippen molar-refractivity contribution in [3.05, 3.63) is 59.7 Å². The van der Waals surface area contributed by atoms with Crippen LogP contribution in [-0.2, 0) is 13.1 Å². The highest BCUT2D eigenvalue weighted by Gasteiger charge is 2.08. The summed E-state index contributed by atoms with van der Waals surface area (Å²) in [5.41, 5.74) is 10.6. The van der Waals surface area contributed by atoms with Crippen molar-refractivity contribution < 1.29 is 5.11 Å². The average Bonchev–Trinajstić information content (AvgIpc) is 2.54. The molecule has 0 aliphatic carbocycles. The van der Waals surface area contributed by atoms with Crippen molar-refractivity contribution in [1.82, 2.24) is 4.90 Å². The van der Waals surface area contributed by atoms with Gasteiger partial charge in [-0.1, -0.05) is 48.5 Å². The highest BCUT2D eigenvalue weighted by Crippen LogP contribution is 2.24. The number of nitrogens with two attached hydrogens (primary N) is 1. The van der Waals surface area contributed by atoms with E-state index in [-0.39, 0.29) is 12.6 Å². The summed E-state index contributed by atoms with van der Waals surface area (Å²) in [6.45, 7) is 3.58. The van der Waals surface area contributed by atoms with Crippen LogP contribution in [0.25, 0.3) is 11.1 Å². The molecule has 0 bridgehead atoms. The first-order valence-corrected chi connectivity index (χ1v) is 7.34. The Labute approximate surface area is 127 Å². The summed E-state index contributed by atoms with van der Waals surface area (Å²) in [5.74, 6) is 0. The largest absolute Gasteiger partial charge is 0.395 e. The topological polar surface area (TPSA) is 49.5 Å². The van der Waals surface area contributed by atoms with E-state index < -0.39 is 0 Å². The molecule has 21 heavy (non-hydrogen) atoms. The number of rotatable bonds is 6. The molecule has 3 heteroatoms. The van der Waals surface area contributed by atoms with E-state index in [9.17, 15) is 5.11 Å². The lowest BCUT2D eigenvalue weighted by molar-refractivity contribution is 0.154. The molecular weight excluding hydrogens is 260 g/mol. The summed E-state index contributed by atoms with van der Waals surface area (Å²) in [6, 6.07) is 17.0. The lowest BCUT2D eigenvalue weighted by Gasteiger charge is -2.22. The molecule has 0 aliphatic rings. The Kier molecular flexibility index (Phi) is 5.51. The number of benzene rings is 2. The van der Waals surface area contributed by atoms with Crippen molar-refractivity contribution in [3.8, 4) is 11.1 Å².